The zero-order valence-electron chi connectivity index (χ0n) is 15.9. The lowest BCUT2D eigenvalue weighted by atomic mass is 10.1. The minimum Gasteiger partial charge on any atom is -0.461 e. The van der Waals surface area contributed by atoms with Crippen molar-refractivity contribution in [3.05, 3.63) is 78.1 Å². The maximum Gasteiger partial charge on any atom is 0.231 e. The number of rotatable bonds is 7. The van der Waals surface area contributed by atoms with Gasteiger partial charge in [0.1, 0.15) is 0 Å². The van der Waals surface area contributed by atoms with Crippen LogP contribution < -0.4 is 9.47 Å². The summed E-state index contributed by atoms with van der Waals surface area (Å²) in [6.45, 7) is 0.754. The Labute approximate surface area is 176 Å². The van der Waals surface area contributed by atoms with Gasteiger partial charge in [-0.2, -0.15) is 0 Å². The smallest absolute Gasteiger partial charge is 0.231 e. The molecule has 2 aromatic carbocycles. The summed E-state index contributed by atoms with van der Waals surface area (Å²) in [4.78, 5) is 12.7. The van der Waals surface area contributed by atoms with Crippen LogP contribution in [0, 0.1) is 0 Å². The van der Waals surface area contributed by atoms with E-state index < -0.39 is 0 Å². The van der Waals surface area contributed by atoms with Gasteiger partial charge in [0.25, 0.3) is 0 Å². The van der Waals surface area contributed by atoms with E-state index in [-0.39, 0.29) is 18.3 Å². The normalized spacial score (nSPS) is 12.3. The Morgan fingerprint density at radius 1 is 1.00 bits per heavy atom. The van der Waals surface area contributed by atoms with Crippen molar-refractivity contribution < 1.29 is 18.7 Å². The molecule has 1 aliphatic rings. The van der Waals surface area contributed by atoms with Gasteiger partial charge in [-0.15, -0.1) is 10.2 Å². The van der Waals surface area contributed by atoms with E-state index in [0.717, 1.165) is 5.56 Å². The summed E-state index contributed by atoms with van der Waals surface area (Å²) in [6.07, 6.45) is 1.60. The van der Waals surface area contributed by atoms with Crippen molar-refractivity contribution in [1.82, 2.24) is 14.8 Å². The van der Waals surface area contributed by atoms with Crippen molar-refractivity contribution in [3.63, 3.8) is 0 Å². The van der Waals surface area contributed by atoms with Gasteiger partial charge in [-0.25, -0.2) is 0 Å². The second-order valence-corrected chi connectivity index (χ2v) is 7.58. The molecule has 7 nitrogen and oxygen atoms in total. The number of fused-ring (bicyclic) bond motifs is 1. The second-order valence-electron chi connectivity index (χ2n) is 6.64. The molecule has 0 saturated heterocycles. The number of furan rings is 1. The number of carbonyl (C=O) groups excluding carboxylic acids is 1. The first-order chi connectivity index (χ1) is 14.8. The molecule has 0 aliphatic carbocycles. The zero-order chi connectivity index (χ0) is 20.3. The Bertz CT molecular complexity index is 1170. The van der Waals surface area contributed by atoms with E-state index in [0.29, 0.717) is 40.3 Å². The van der Waals surface area contributed by atoms with Gasteiger partial charge in [0, 0.05) is 5.56 Å². The zero-order valence-corrected chi connectivity index (χ0v) is 16.7. The lowest BCUT2D eigenvalue weighted by molar-refractivity contribution is 0.102. The molecule has 0 radical (unpaired) electrons. The molecule has 0 fully saturated rings. The van der Waals surface area contributed by atoms with Crippen LogP contribution in [0.3, 0.4) is 0 Å². The molecule has 1 aliphatic heterocycles. The summed E-state index contributed by atoms with van der Waals surface area (Å²) in [7, 11) is 0. The third-order valence-corrected chi connectivity index (χ3v) is 5.64. The van der Waals surface area contributed by atoms with Crippen molar-refractivity contribution in [2.45, 2.75) is 11.7 Å². The average molecular weight is 419 g/mol. The largest absolute Gasteiger partial charge is 0.461 e. The molecule has 0 spiro atoms. The fourth-order valence-electron chi connectivity index (χ4n) is 3.18. The molecule has 0 bridgehead atoms. The fourth-order valence-corrected chi connectivity index (χ4v) is 4.01. The molecular formula is C22H17N3O4S. The van der Waals surface area contributed by atoms with Gasteiger partial charge >= 0.3 is 0 Å². The van der Waals surface area contributed by atoms with E-state index in [9.17, 15) is 4.79 Å². The third-order valence-electron chi connectivity index (χ3n) is 4.67. The van der Waals surface area contributed by atoms with Gasteiger partial charge in [-0.05, 0) is 35.9 Å². The number of thioether (sulfide) groups is 1. The molecule has 0 saturated carbocycles. The van der Waals surface area contributed by atoms with Gasteiger partial charge in [0.2, 0.25) is 12.6 Å². The van der Waals surface area contributed by atoms with Crippen LogP contribution in [-0.2, 0) is 6.54 Å². The Morgan fingerprint density at radius 3 is 2.70 bits per heavy atom. The summed E-state index contributed by atoms with van der Waals surface area (Å²) in [5.74, 6) is 2.72. The molecule has 0 unspecified atom stereocenters. The molecule has 0 amide bonds. The molecular weight excluding hydrogens is 402 g/mol. The van der Waals surface area contributed by atoms with Crippen LogP contribution in [0.2, 0.25) is 0 Å². The number of carbonyl (C=O) groups is 1. The SMILES string of the molecule is O=C(CSc1nnc(-c2ccco2)n1Cc1ccccc1)c1ccc2c(c1)OCO2. The summed E-state index contributed by atoms with van der Waals surface area (Å²) >= 11 is 1.35. The van der Waals surface area contributed by atoms with E-state index in [2.05, 4.69) is 10.2 Å². The highest BCUT2D eigenvalue weighted by Crippen LogP contribution is 2.33. The topological polar surface area (TPSA) is 79.4 Å². The Kier molecular flexibility index (Phi) is 4.98. The highest BCUT2D eigenvalue weighted by molar-refractivity contribution is 7.99. The van der Waals surface area contributed by atoms with Gasteiger partial charge in [-0.1, -0.05) is 42.1 Å². The van der Waals surface area contributed by atoms with Crippen LogP contribution >= 0.6 is 11.8 Å². The van der Waals surface area contributed by atoms with Crippen LogP contribution in [0.5, 0.6) is 11.5 Å². The number of hydrogen-bond acceptors (Lipinski definition) is 7. The lowest BCUT2D eigenvalue weighted by Gasteiger charge is -2.09. The number of ether oxygens (including phenoxy) is 2. The molecule has 5 rings (SSSR count). The minimum atomic E-state index is -0.0212. The van der Waals surface area contributed by atoms with Crippen LogP contribution in [0.25, 0.3) is 11.6 Å². The lowest BCUT2D eigenvalue weighted by Crippen LogP contribution is -2.07. The average Bonchev–Trinajstić information content (AvgIpc) is 3.53. The number of nitrogens with zero attached hydrogens (tertiary/aromatic N) is 3. The Hall–Kier alpha value is -3.52. The predicted molar refractivity (Wildman–Crippen MR) is 111 cm³/mol. The van der Waals surface area contributed by atoms with Gasteiger partial charge < -0.3 is 13.9 Å². The van der Waals surface area contributed by atoms with E-state index in [1.165, 1.54) is 11.8 Å². The van der Waals surface area contributed by atoms with Crippen LogP contribution in [-0.4, -0.2) is 33.1 Å². The van der Waals surface area contributed by atoms with E-state index in [1.54, 1.807) is 24.5 Å². The van der Waals surface area contributed by atoms with Crippen LogP contribution in [0.15, 0.2) is 76.5 Å². The van der Waals surface area contributed by atoms with Crippen molar-refractivity contribution in [3.8, 4) is 23.1 Å². The maximum atomic E-state index is 12.7. The van der Waals surface area contributed by atoms with E-state index >= 15 is 0 Å². The highest BCUT2D eigenvalue weighted by atomic mass is 32.2. The van der Waals surface area contributed by atoms with Gasteiger partial charge in [0.05, 0.1) is 18.6 Å². The Balaban J connectivity index is 1.38. The molecule has 4 aromatic rings. The summed E-state index contributed by atoms with van der Waals surface area (Å²) in [5, 5.41) is 9.27. The molecule has 8 heteroatoms. The predicted octanol–water partition coefficient (Wildman–Crippen LogP) is 4.29. The number of hydrogen-bond donors (Lipinski definition) is 0. The molecule has 30 heavy (non-hydrogen) atoms. The van der Waals surface area contributed by atoms with Crippen LogP contribution in [0.1, 0.15) is 15.9 Å². The van der Waals surface area contributed by atoms with Gasteiger partial charge in [0.15, 0.2) is 28.2 Å². The van der Waals surface area contributed by atoms with E-state index in [1.807, 2.05) is 47.0 Å². The molecule has 2 aromatic heterocycles. The summed E-state index contributed by atoms with van der Waals surface area (Å²) < 4.78 is 18.2. The standard InChI is InChI=1S/C22H17N3O4S/c26-17(16-8-9-18-20(11-16)29-14-28-18)13-30-22-24-23-21(19-7-4-10-27-19)25(22)12-15-5-2-1-3-6-15/h1-11H,12-14H2. The number of Topliss-reactive ketones (excluding diaryl/α,β-unsaturated/α-hetero) is 1. The minimum absolute atomic E-state index is 0.0212. The molecule has 150 valence electrons. The van der Waals surface area contributed by atoms with Crippen molar-refractivity contribution in [2.75, 3.05) is 12.5 Å². The first-order valence-corrected chi connectivity index (χ1v) is 10.3. The maximum absolute atomic E-state index is 12.7. The van der Waals surface area contributed by atoms with Crippen molar-refractivity contribution in [2.24, 2.45) is 0 Å². The molecule has 3 heterocycles. The van der Waals surface area contributed by atoms with E-state index in [4.69, 9.17) is 13.9 Å². The monoisotopic (exact) mass is 419 g/mol. The first kappa shape index (κ1) is 18.5. The Morgan fingerprint density at radius 2 is 1.87 bits per heavy atom. The van der Waals surface area contributed by atoms with Crippen LogP contribution in [0.4, 0.5) is 0 Å². The summed E-state index contributed by atoms with van der Waals surface area (Å²) in [5.41, 5.74) is 1.68. The highest BCUT2D eigenvalue weighted by Gasteiger charge is 2.20. The van der Waals surface area contributed by atoms with Gasteiger partial charge in [-0.3, -0.25) is 9.36 Å². The molecule has 0 atom stereocenters. The number of benzene rings is 2. The first-order valence-electron chi connectivity index (χ1n) is 9.34. The fraction of sp³-hybridized carbons (Fsp3) is 0.136. The van der Waals surface area contributed by atoms with Crippen molar-refractivity contribution >= 4 is 17.5 Å². The number of aromatic nitrogens is 3. The summed E-state index contributed by atoms with van der Waals surface area (Å²) in [6, 6.07) is 18.9. The molecule has 0 N–H and O–H groups in total. The quantitative estimate of drug-likeness (QED) is 0.327. The number of ketones is 1. The second kappa shape index (κ2) is 8.08. The van der Waals surface area contributed by atoms with Crippen molar-refractivity contribution in [1.29, 1.82) is 0 Å². The third kappa shape index (κ3) is 3.69.